The minimum Gasteiger partial charge on any atom is -0.366 e. The number of urea groups is 1. The average molecular weight is 463 g/mol. The molecule has 3 aliphatic heterocycles. The van der Waals surface area contributed by atoms with E-state index in [-0.39, 0.29) is 12.1 Å². The maximum atomic E-state index is 13.7. The van der Waals surface area contributed by atoms with Gasteiger partial charge in [-0.25, -0.2) is 23.5 Å². The molecule has 0 aromatic carbocycles. The number of nitrogens with one attached hydrogen (secondary N) is 1. The van der Waals surface area contributed by atoms with E-state index in [1.54, 1.807) is 11.1 Å². The first kappa shape index (κ1) is 20.8. The van der Waals surface area contributed by atoms with Crippen molar-refractivity contribution in [3.05, 3.63) is 54.7 Å². The number of carbonyl (C=O) groups is 1. The Morgan fingerprint density at radius 3 is 2.76 bits per heavy atom. The minimum absolute atomic E-state index is 0.0316. The molecule has 6 rings (SSSR count). The predicted molar refractivity (Wildman–Crippen MR) is 126 cm³/mol. The Labute approximate surface area is 195 Å². The summed E-state index contributed by atoms with van der Waals surface area (Å²) in [6.07, 6.45) is 4.69. The van der Waals surface area contributed by atoms with Crippen LogP contribution in [0.5, 0.6) is 0 Å². The lowest BCUT2D eigenvalue weighted by Gasteiger charge is -2.36. The van der Waals surface area contributed by atoms with Crippen LogP contribution in [-0.4, -0.2) is 59.4 Å². The monoisotopic (exact) mass is 463 g/mol. The fraction of sp³-hybridized carbons (Fsp3) is 0.333. The fourth-order valence-corrected chi connectivity index (χ4v) is 4.97. The van der Waals surface area contributed by atoms with Gasteiger partial charge in [-0.3, -0.25) is 9.88 Å². The summed E-state index contributed by atoms with van der Waals surface area (Å²) in [6, 6.07) is 8.53. The van der Waals surface area contributed by atoms with Gasteiger partial charge in [0.15, 0.2) is 5.82 Å². The van der Waals surface area contributed by atoms with E-state index >= 15 is 0 Å². The van der Waals surface area contributed by atoms with Crippen molar-refractivity contribution in [2.75, 3.05) is 46.2 Å². The second-order valence-electron chi connectivity index (χ2n) is 8.85. The molecule has 2 saturated heterocycles. The van der Waals surface area contributed by atoms with Gasteiger partial charge < -0.3 is 15.1 Å². The highest BCUT2D eigenvalue weighted by Gasteiger charge is 2.40. The van der Waals surface area contributed by atoms with Gasteiger partial charge in [-0.1, -0.05) is 0 Å². The van der Waals surface area contributed by atoms with Crippen LogP contribution in [-0.2, 0) is 0 Å². The molecule has 3 aromatic heterocycles. The number of fused-ring (bicyclic) bond motifs is 4. The topological polar surface area (TPSA) is 77.5 Å². The molecule has 3 aliphatic rings. The standard InChI is InChI=1S/C24H23F2N7O/c25-16-4-7-32(13-16)22-9-15(3-6-28-22)20-1-2-21-23(30-20)33(19-5-8-31(21)14-19)24(34)29-18-10-17(26)11-27-12-18/h1-3,6,9-12,16,19H,4-5,7-8,13-14H2,(H,29,34)/t16-,19-/m0/s1. The van der Waals surface area contributed by atoms with E-state index in [0.717, 1.165) is 37.0 Å². The third kappa shape index (κ3) is 3.68. The number of rotatable bonds is 3. The van der Waals surface area contributed by atoms with Crippen LogP contribution in [0, 0.1) is 5.82 Å². The Kier molecular flexibility index (Phi) is 5.00. The first-order chi connectivity index (χ1) is 16.5. The Hall–Kier alpha value is -3.82. The lowest BCUT2D eigenvalue weighted by Crippen LogP contribution is -2.48. The van der Waals surface area contributed by atoms with Crippen molar-refractivity contribution < 1.29 is 13.6 Å². The molecule has 0 saturated carbocycles. The number of anilines is 4. The molecule has 1 N–H and O–H groups in total. The smallest absolute Gasteiger partial charge is 0.327 e. The van der Waals surface area contributed by atoms with Gasteiger partial charge in [0.2, 0.25) is 0 Å². The zero-order chi connectivity index (χ0) is 23.2. The average Bonchev–Trinajstić information content (AvgIpc) is 3.46. The Balaban J connectivity index is 1.34. The van der Waals surface area contributed by atoms with E-state index in [9.17, 15) is 13.6 Å². The summed E-state index contributed by atoms with van der Waals surface area (Å²) in [4.78, 5) is 32.2. The van der Waals surface area contributed by atoms with E-state index < -0.39 is 12.0 Å². The molecule has 6 heterocycles. The summed E-state index contributed by atoms with van der Waals surface area (Å²) >= 11 is 0. The minimum atomic E-state index is -0.836. The molecule has 0 unspecified atom stereocenters. The maximum Gasteiger partial charge on any atom is 0.327 e. The highest BCUT2D eigenvalue weighted by molar-refractivity contribution is 6.04. The van der Waals surface area contributed by atoms with Crippen molar-refractivity contribution in [1.82, 2.24) is 15.0 Å². The number of carbonyl (C=O) groups excluding carboxylic acids is 1. The van der Waals surface area contributed by atoms with Crippen LogP contribution in [0.2, 0.25) is 0 Å². The van der Waals surface area contributed by atoms with Gasteiger partial charge in [-0.2, -0.15) is 0 Å². The summed E-state index contributed by atoms with van der Waals surface area (Å²) in [5.41, 5.74) is 2.72. The fourth-order valence-electron chi connectivity index (χ4n) is 4.97. The lowest BCUT2D eigenvalue weighted by molar-refractivity contribution is 0.255. The molecule has 2 bridgehead atoms. The molecular formula is C24H23F2N7O. The van der Waals surface area contributed by atoms with Crippen LogP contribution in [0.25, 0.3) is 11.3 Å². The van der Waals surface area contributed by atoms with Gasteiger partial charge in [-0.05, 0) is 37.1 Å². The normalized spacial score (nSPS) is 21.1. The predicted octanol–water partition coefficient (Wildman–Crippen LogP) is 3.86. The van der Waals surface area contributed by atoms with Gasteiger partial charge in [0.25, 0.3) is 0 Å². The molecule has 3 aromatic rings. The summed E-state index contributed by atoms with van der Waals surface area (Å²) in [7, 11) is 0. The highest BCUT2D eigenvalue weighted by Crippen LogP contribution is 2.40. The number of pyridine rings is 3. The summed E-state index contributed by atoms with van der Waals surface area (Å²) in [5, 5.41) is 2.76. The highest BCUT2D eigenvalue weighted by atomic mass is 19.1. The van der Waals surface area contributed by atoms with Gasteiger partial charge in [0.05, 0.1) is 42.0 Å². The second-order valence-corrected chi connectivity index (χ2v) is 8.85. The van der Waals surface area contributed by atoms with Crippen LogP contribution >= 0.6 is 0 Å². The molecular weight excluding hydrogens is 440 g/mol. The maximum absolute atomic E-state index is 13.7. The lowest BCUT2D eigenvalue weighted by atomic mass is 10.1. The summed E-state index contributed by atoms with van der Waals surface area (Å²) in [5.74, 6) is 0.764. The third-order valence-corrected chi connectivity index (χ3v) is 6.62. The molecule has 2 atom stereocenters. The van der Waals surface area contributed by atoms with Crippen molar-refractivity contribution in [3.8, 4) is 11.3 Å². The van der Waals surface area contributed by atoms with Crippen molar-refractivity contribution in [2.45, 2.75) is 25.1 Å². The zero-order valence-corrected chi connectivity index (χ0v) is 18.4. The Morgan fingerprint density at radius 1 is 1.06 bits per heavy atom. The molecule has 0 aliphatic carbocycles. The first-order valence-corrected chi connectivity index (χ1v) is 11.4. The van der Waals surface area contributed by atoms with E-state index in [4.69, 9.17) is 4.98 Å². The largest absolute Gasteiger partial charge is 0.366 e. The molecule has 0 spiro atoms. The molecule has 8 nitrogen and oxygen atoms in total. The summed E-state index contributed by atoms with van der Waals surface area (Å²) < 4.78 is 27.3. The van der Waals surface area contributed by atoms with Gasteiger partial charge in [0.1, 0.15) is 17.8 Å². The number of alkyl halides is 1. The number of aromatic nitrogens is 3. The van der Waals surface area contributed by atoms with Gasteiger partial charge in [0, 0.05) is 37.5 Å². The van der Waals surface area contributed by atoms with Crippen molar-refractivity contribution in [2.24, 2.45) is 0 Å². The van der Waals surface area contributed by atoms with E-state index in [1.807, 2.05) is 29.2 Å². The van der Waals surface area contributed by atoms with Crippen LogP contribution in [0.4, 0.5) is 36.6 Å². The number of nitrogens with zero attached hydrogens (tertiary/aromatic N) is 6. The van der Waals surface area contributed by atoms with Crippen LogP contribution in [0.3, 0.4) is 0 Å². The van der Waals surface area contributed by atoms with E-state index in [2.05, 4.69) is 20.2 Å². The van der Waals surface area contributed by atoms with E-state index in [0.29, 0.717) is 42.5 Å². The second kappa shape index (κ2) is 8.19. The van der Waals surface area contributed by atoms with E-state index in [1.165, 1.54) is 12.3 Å². The molecule has 174 valence electrons. The number of amides is 2. The Bertz CT molecular complexity index is 1260. The van der Waals surface area contributed by atoms with Crippen LogP contribution in [0.1, 0.15) is 12.8 Å². The van der Waals surface area contributed by atoms with Crippen molar-refractivity contribution >= 4 is 29.0 Å². The number of halogens is 2. The molecule has 0 radical (unpaired) electrons. The van der Waals surface area contributed by atoms with Gasteiger partial charge >= 0.3 is 6.03 Å². The number of hydrogen-bond acceptors (Lipinski definition) is 6. The number of hydrogen-bond donors (Lipinski definition) is 1. The third-order valence-electron chi connectivity index (χ3n) is 6.62. The van der Waals surface area contributed by atoms with Gasteiger partial charge in [-0.15, -0.1) is 0 Å². The first-order valence-electron chi connectivity index (χ1n) is 11.4. The van der Waals surface area contributed by atoms with Crippen LogP contribution in [0.15, 0.2) is 48.9 Å². The SMILES string of the molecule is O=C(Nc1cncc(F)c1)N1c2nc(-c3ccnc(N4CC[C@H](F)C4)c3)ccc2N2CC[C@H]1C2. The van der Waals surface area contributed by atoms with Crippen molar-refractivity contribution in [1.29, 1.82) is 0 Å². The zero-order valence-electron chi connectivity index (χ0n) is 18.4. The molecule has 2 fully saturated rings. The Morgan fingerprint density at radius 2 is 1.94 bits per heavy atom. The molecule has 34 heavy (non-hydrogen) atoms. The van der Waals surface area contributed by atoms with Crippen LogP contribution < -0.4 is 20.0 Å². The quantitative estimate of drug-likeness (QED) is 0.636. The summed E-state index contributed by atoms with van der Waals surface area (Å²) in [6.45, 7) is 2.53. The molecule has 10 heteroatoms. The van der Waals surface area contributed by atoms with Crippen molar-refractivity contribution in [3.63, 3.8) is 0 Å². The molecule has 2 amide bonds.